The van der Waals surface area contributed by atoms with Crippen LogP contribution in [-0.2, 0) is 14.9 Å². The molecule has 5 rings (SSSR count). The summed E-state index contributed by atoms with van der Waals surface area (Å²) in [4.78, 5) is 25.0. The van der Waals surface area contributed by atoms with Crippen molar-refractivity contribution in [3.05, 3.63) is 58.9 Å². The SMILES string of the molecule is CC1CN(CC(=O)N2CC(C)(C)c3ncc(C(O)c4ccc(F)cc4F)cc32)[C@@H](CN2[C@H](C)COC[C@H]2C)CN1. The predicted molar refractivity (Wildman–Crippen MR) is 149 cm³/mol. The Hall–Kier alpha value is -2.50. The number of hydrogen-bond donors (Lipinski definition) is 2. The fourth-order valence-electron chi connectivity index (χ4n) is 6.33. The number of aliphatic hydroxyl groups is 1. The lowest BCUT2D eigenvalue weighted by Gasteiger charge is -2.46. The average molecular weight is 558 g/mol. The number of morpholine rings is 1. The Morgan fingerprint density at radius 2 is 1.93 bits per heavy atom. The van der Waals surface area contributed by atoms with Crippen LogP contribution in [0, 0.1) is 11.6 Å². The molecule has 218 valence electrons. The van der Waals surface area contributed by atoms with Gasteiger partial charge < -0.3 is 20.1 Å². The number of hydrogen-bond acceptors (Lipinski definition) is 7. The van der Waals surface area contributed by atoms with Crippen LogP contribution in [0.5, 0.6) is 0 Å². The molecule has 0 spiro atoms. The number of rotatable bonds is 6. The van der Waals surface area contributed by atoms with Crippen LogP contribution in [0.2, 0.25) is 0 Å². The van der Waals surface area contributed by atoms with Crippen LogP contribution in [-0.4, -0.2) is 95.9 Å². The third kappa shape index (κ3) is 5.78. The Kier molecular flexibility index (Phi) is 8.27. The van der Waals surface area contributed by atoms with E-state index in [1.165, 1.54) is 12.3 Å². The number of aromatic nitrogens is 1. The van der Waals surface area contributed by atoms with Crippen molar-refractivity contribution >= 4 is 11.6 Å². The quantitative estimate of drug-likeness (QED) is 0.566. The number of benzene rings is 1. The van der Waals surface area contributed by atoms with E-state index in [1.54, 1.807) is 11.0 Å². The van der Waals surface area contributed by atoms with Gasteiger partial charge in [-0.05, 0) is 32.9 Å². The molecule has 3 aliphatic rings. The minimum atomic E-state index is -1.34. The maximum absolute atomic E-state index is 14.4. The molecule has 40 heavy (non-hydrogen) atoms. The highest BCUT2D eigenvalue weighted by Crippen LogP contribution is 2.41. The molecular weight excluding hydrogens is 516 g/mol. The highest BCUT2D eigenvalue weighted by Gasteiger charge is 2.41. The maximum atomic E-state index is 14.4. The summed E-state index contributed by atoms with van der Waals surface area (Å²) in [6.45, 7) is 15.1. The molecule has 2 N–H and O–H groups in total. The Morgan fingerprint density at radius 3 is 2.62 bits per heavy atom. The maximum Gasteiger partial charge on any atom is 0.241 e. The third-order valence-electron chi connectivity index (χ3n) is 8.58. The number of nitrogens with zero attached hydrogens (tertiary/aromatic N) is 4. The van der Waals surface area contributed by atoms with Gasteiger partial charge >= 0.3 is 0 Å². The zero-order chi connectivity index (χ0) is 28.8. The lowest BCUT2D eigenvalue weighted by Crippen LogP contribution is -2.63. The van der Waals surface area contributed by atoms with E-state index in [0.717, 1.165) is 37.5 Å². The van der Waals surface area contributed by atoms with E-state index in [-0.39, 0.29) is 35.5 Å². The summed E-state index contributed by atoms with van der Waals surface area (Å²) in [7, 11) is 0. The molecule has 1 amide bonds. The van der Waals surface area contributed by atoms with Crippen molar-refractivity contribution in [3.63, 3.8) is 0 Å². The van der Waals surface area contributed by atoms with Gasteiger partial charge in [-0.1, -0.05) is 19.9 Å². The van der Waals surface area contributed by atoms with Crippen LogP contribution in [0.1, 0.15) is 57.5 Å². The van der Waals surface area contributed by atoms with Crippen molar-refractivity contribution < 1.29 is 23.4 Å². The minimum Gasteiger partial charge on any atom is -0.383 e. The average Bonchev–Trinajstić information content (AvgIpc) is 3.17. The number of anilines is 1. The Balaban J connectivity index is 1.37. The molecule has 1 aromatic heterocycles. The zero-order valence-corrected chi connectivity index (χ0v) is 24.0. The van der Waals surface area contributed by atoms with Crippen molar-refractivity contribution in [2.75, 3.05) is 50.8 Å². The first-order valence-corrected chi connectivity index (χ1v) is 14.2. The van der Waals surface area contributed by atoms with E-state index in [2.05, 4.69) is 40.9 Å². The molecule has 1 aromatic carbocycles. The van der Waals surface area contributed by atoms with Gasteiger partial charge in [-0.2, -0.15) is 0 Å². The standard InChI is InChI=1S/C30H41F2N5O3/c1-18-12-35(23(11-33-18)13-36-19(2)15-40-16-20(36)3)14-27(38)37-17-30(4,5)29-26(37)8-21(10-34-29)28(39)24-7-6-22(31)9-25(24)32/h6-10,18-20,23,28,33,39H,11-17H2,1-5H3/t18?,19-,20-,23-,28?/m1/s1. The number of ether oxygens (including phenoxy) is 1. The van der Waals surface area contributed by atoms with E-state index >= 15 is 0 Å². The van der Waals surface area contributed by atoms with Crippen LogP contribution in [0.4, 0.5) is 14.5 Å². The molecule has 0 saturated carbocycles. The summed E-state index contributed by atoms with van der Waals surface area (Å²) in [6, 6.07) is 5.88. The molecule has 3 aliphatic heterocycles. The van der Waals surface area contributed by atoms with Gasteiger partial charge in [-0.25, -0.2) is 8.78 Å². The largest absolute Gasteiger partial charge is 0.383 e. The van der Waals surface area contributed by atoms with Crippen LogP contribution in [0.25, 0.3) is 0 Å². The number of nitrogens with one attached hydrogen (secondary N) is 1. The second-order valence-corrected chi connectivity index (χ2v) is 12.4. The van der Waals surface area contributed by atoms with E-state index < -0.39 is 17.7 Å². The van der Waals surface area contributed by atoms with Crippen LogP contribution in [0.15, 0.2) is 30.5 Å². The summed E-state index contributed by atoms with van der Waals surface area (Å²) >= 11 is 0. The molecule has 0 bridgehead atoms. The smallest absolute Gasteiger partial charge is 0.241 e. The summed E-state index contributed by atoms with van der Waals surface area (Å²) in [6.07, 6.45) is 0.177. The zero-order valence-electron chi connectivity index (χ0n) is 24.0. The predicted octanol–water partition coefficient (Wildman–Crippen LogP) is 2.84. The molecular formula is C30H41F2N5O3. The minimum absolute atomic E-state index is 0.0320. The highest BCUT2D eigenvalue weighted by molar-refractivity contribution is 5.97. The molecule has 8 nitrogen and oxygen atoms in total. The summed E-state index contributed by atoms with van der Waals surface area (Å²) < 4.78 is 33.6. The Bertz CT molecular complexity index is 1230. The van der Waals surface area contributed by atoms with E-state index in [0.29, 0.717) is 43.1 Å². The van der Waals surface area contributed by atoms with Gasteiger partial charge in [0, 0.05) is 79.2 Å². The number of pyridine rings is 1. The fraction of sp³-hybridized carbons (Fsp3) is 0.600. The first kappa shape index (κ1) is 29.0. The summed E-state index contributed by atoms with van der Waals surface area (Å²) in [5.74, 6) is -1.57. The number of fused-ring (bicyclic) bond motifs is 1. The summed E-state index contributed by atoms with van der Waals surface area (Å²) in [5.41, 5.74) is 1.32. The second kappa shape index (κ2) is 11.4. The Labute approximate surface area is 235 Å². The van der Waals surface area contributed by atoms with Crippen LogP contribution < -0.4 is 10.2 Å². The van der Waals surface area contributed by atoms with Crippen LogP contribution >= 0.6 is 0 Å². The van der Waals surface area contributed by atoms with Gasteiger partial charge in [0.1, 0.15) is 17.7 Å². The summed E-state index contributed by atoms with van der Waals surface area (Å²) in [5, 5.41) is 14.5. The fourth-order valence-corrected chi connectivity index (χ4v) is 6.33. The monoisotopic (exact) mass is 557 g/mol. The molecule has 2 aromatic rings. The third-order valence-corrected chi connectivity index (χ3v) is 8.58. The molecule has 2 unspecified atom stereocenters. The topological polar surface area (TPSA) is 81.2 Å². The molecule has 5 atom stereocenters. The normalized spacial score (nSPS) is 27.9. The van der Waals surface area contributed by atoms with Crippen molar-refractivity contribution in [2.45, 2.75) is 70.3 Å². The number of aliphatic hydroxyl groups excluding tert-OH is 1. The van der Waals surface area contributed by atoms with Gasteiger partial charge in [0.05, 0.1) is 31.1 Å². The van der Waals surface area contributed by atoms with Gasteiger partial charge in [0.2, 0.25) is 5.91 Å². The Morgan fingerprint density at radius 1 is 1.20 bits per heavy atom. The highest BCUT2D eigenvalue weighted by atomic mass is 19.1. The lowest BCUT2D eigenvalue weighted by atomic mass is 9.90. The first-order chi connectivity index (χ1) is 18.9. The second-order valence-electron chi connectivity index (χ2n) is 12.4. The molecule has 0 radical (unpaired) electrons. The molecule has 4 heterocycles. The van der Waals surface area contributed by atoms with E-state index in [1.807, 2.05) is 13.8 Å². The number of carbonyl (C=O) groups is 1. The molecule has 0 aliphatic carbocycles. The van der Waals surface area contributed by atoms with Gasteiger partial charge in [0.15, 0.2) is 0 Å². The van der Waals surface area contributed by atoms with Gasteiger partial charge in [0.25, 0.3) is 0 Å². The first-order valence-electron chi connectivity index (χ1n) is 14.2. The van der Waals surface area contributed by atoms with Crippen LogP contribution in [0.3, 0.4) is 0 Å². The molecule has 2 saturated heterocycles. The van der Waals surface area contributed by atoms with E-state index in [9.17, 15) is 18.7 Å². The lowest BCUT2D eigenvalue weighted by molar-refractivity contribution is -0.121. The molecule has 2 fully saturated rings. The van der Waals surface area contributed by atoms with Gasteiger partial charge in [-0.3, -0.25) is 19.6 Å². The molecule has 10 heteroatoms. The number of piperazine rings is 1. The van der Waals surface area contributed by atoms with Crippen molar-refractivity contribution in [1.82, 2.24) is 20.1 Å². The van der Waals surface area contributed by atoms with E-state index in [4.69, 9.17) is 4.74 Å². The van der Waals surface area contributed by atoms with Crippen molar-refractivity contribution in [2.24, 2.45) is 0 Å². The number of halogens is 2. The van der Waals surface area contributed by atoms with Crippen molar-refractivity contribution in [3.8, 4) is 0 Å². The van der Waals surface area contributed by atoms with Crippen molar-refractivity contribution in [1.29, 1.82) is 0 Å². The van der Waals surface area contributed by atoms with Gasteiger partial charge in [-0.15, -0.1) is 0 Å². The number of amides is 1. The number of carbonyl (C=O) groups excluding carboxylic acids is 1.